The minimum Gasteiger partial charge on any atom is -0.324 e. The molecule has 0 unspecified atom stereocenters. The van der Waals surface area contributed by atoms with Crippen molar-refractivity contribution in [2.45, 2.75) is 26.8 Å². The van der Waals surface area contributed by atoms with Gasteiger partial charge in [-0.15, -0.1) is 12.4 Å². The zero-order valence-electron chi connectivity index (χ0n) is 8.75. The predicted octanol–water partition coefficient (Wildman–Crippen LogP) is 3.76. The first-order valence-electron chi connectivity index (χ1n) is 4.42. The summed E-state index contributed by atoms with van der Waals surface area (Å²) in [5, 5.41) is 0. The van der Waals surface area contributed by atoms with Crippen molar-refractivity contribution in [2.24, 2.45) is 11.1 Å². The normalized spacial score (nSPS) is 13.2. The molecule has 1 rings (SSSR count). The molecule has 1 aromatic rings. The second-order valence-electron chi connectivity index (χ2n) is 4.40. The van der Waals surface area contributed by atoms with Gasteiger partial charge in [0.1, 0.15) is 0 Å². The summed E-state index contributed by atoms with van der Waals surface area (Å²) in [5.74, 6) is 0. The molecule has 1 atom stereocenters. The Balaban J connectivity index is 0.00000169. The molecule has 0 amide bonds. The Bertz CT molecular complexity index is 294. The molecule has 3 heteroatoms. The molecular weight excluding hydrogens is 308 g/mol. The number of hydrogen-bond donors (Lipinski definition) is 1. The molecule has 1 aromatic carbocycles. The van der Waals surface area contributed by atoms with Crippen LogP contribution in [0, 0.1) is 8.99 Å². The van der Waals surface area contributed by atoms with Gasteiger partial charge in [-0.05, 0) is 45.7 Å². The molecule has 0 bridgehead atoms. The standard InChI is InChI=1S/C11H16IN.ClH/c1-11(2,3)10(13)8-5-4-6-9(12)7-8;/h4-7,10H,13H2,1-3H3;1H/t10-;/m0./s1. The van der Waals surface area contributed by atoms with Crippen molar-refractivity contribution in [3.63, 3.8) is 0 Å². The minimum absolute atomic E-state index is 0. The third-order valence-electron chi connectivity index (χ3n) is 2.14. The maximum atomic E-state index is 6.14. The van der Waals surface area contributed by atoms with E-state index < -0.39 is 0 Å². The van der Waals surface area contributed by atoms with Crippen molar-refractivity contribution in [3.8, 4) is 0 Å². The van der Waals surface area contributed by atoms with Gasteiger partial charge in [-0.2, -0.15) is 0 Å². The van der Waals surface area contributed by atoms with Crippen LogP contribution in [0.5, 0.6) is 0 Å². The largest absolute Gasteiger partial charge is 0.324 e. The first-order chi connectivity index (χ1) is 5.91. The number of nitrogens with two attached hydrogens (primary N) is 1. The van der Waals surface area contributed by atoms with Crippen LogP contribution in [0.15, 0.2) is 24.3 Å². The van der Waals surface area contributed by atoms with Gasteiger partial charge in [-0.1, -0.05) is 32.9 Å². The minimum atomic E-state index is 0. The lowest BCUT2D eigenvalue weighted by molar-refractivity contribution is 0.327. The zero-order chi connectivity index (χ0) is 10.1. The molecule has 0 saturated carbocycles. The predicted molar refractivity (Wildman–Crippen MR) is 72.8 cm³/mol. The number of benzene rings is 1. The highest BCUT2D eigenvalue weighted by molar-refractivity contribution is 14.1. The van der Waals surface area contributed by atoms with Crippen molar-refractivity contribution < 1.29 is 0 Å². The number of hydrogen-bond acceptors (Lipinski definition) is 1. The van der Waals surface area contributed by atoms with Crippen molar-refractivity contribution >= 4 is 35.0 Å². The van der Waals surface area contributed by atoms with Crippen LogP contribution < -0.4 is 5.73 Å². The monoisotopic (exact) mass is 325 g/mol. The van der Waals surface area contributed by atoms with Gasteiger partial charge in [0.05, 0.1) is 0 Å². The topological polar surface area (TPSA) is 26.0 Å². The lowest BCUT2D eigenvalue weighted by atomic mass is 9.83. The molecule has 14 heavy (non-hydrogen) atoms. The van der Waals surface area contributed by atoms with Gasteiger partial charge in [-0.3, -0.25) is 0 Å². The van der Waals surface area contributed by atoms with Crippen LogP contribution in [0.1, 0.15) is 32.4 Å². The third-order valence-corrected chi connectivity index (χ3v) is 2.81. The van der Waals surface area contributed by atoms with Gasteiger partial charge >= 0.3 is 0 Å². The Morgan fingerprint density at radius 2 is 1.86 bits per heavy atom. The molecule has 0 spiro atoms. The van der Waals surface area contributed by atoms with E-state index in [1.54, 1.807) is 0 Å². The molecule has 0 fully saturated rings. The second-order valence-corrected chi connectivity index (χ2v) is 5.64. The van der Waals surface area contributed by atoms with Crippen molar-refractivity contribution in [2.75, 3.05) is 0 Å². The highest BCUT2D eigenvalue weighted by Crippen LogP contribution is 2.30. The average Bonchev–Trinajstić information content (AvgIpc) is 2.01. The van der Waals surface area contributed by atoms with Crippen LogP contribution in [0.3, 0.4) is 0 Å². The third kappa shape index (κ3) is 3.75. The smallest absolute Gasteiger partial charge is 0.0344 e. The van der Waals surface area contributed by atoms with E-state index in [1.807, 2.05) is 0 Å². The van der Waals surface area contributed by atoms with Gasteiger partial charge in [0.2, 0.25) is 0 Å². The van der Waals surface area contributed by atoms with E-state index in [1.165, 1.54) is 9.13 Å². The average molecular weight is 326 g/mol. The summed E-state index contributed by atoms with van der Waals surface area (Å²) in [7, 11) is 0. The van der Waals surface area contributed by atoms with Crippen molar-refractivity contribution in [1.82, 2.24) is 0 Å². The van der Waals surface area contributed by atoms with Gasteiger partial charge in [0, 0.05) is 9.61 Å². The SMILES string of the molecule is CC(C)(C)[C@@H](N)c1cccc(I)c1.Cl. The Morgan fingerprint density at radius 1 is 1.29 bits per heavy atom. The second kappa shape index (κ2) is 5.33. The van der Waals surface area contributed by atoms with Gasteiger partial charge in [0.25, 0.3) is 0 Å². The molecule has 0 aliphatic heterocycles. The van der Waals surface area contributed by atoms with E-state index in [-0.39, 0.29) is 23.9 Å². The molecule has 0 aliphatic carbocycles. The maximum Gasteiger partial charge on any atom is 0.0344 e. The fourth-order valence-electron chi connectivity index (χ4n) is 1.20. The summed E-state index contributed by atoms with van der Waals surface area (Å²) in [6, 6.07) is 8.50. The summed E-state index contributed by atoms with van der Waals surface area (Å²) in [6.07, 6.45) is 0. The summed E-state index contributed by atoms with van der Waals surface area (Å²) >= 11 is 2.31. The number of halogens is 2. The highest BCUT2D eigenvalue weighted by atomic mass is 127. The fraction of sp³-hybridized carbons (Fsp3) is 0.455. The Labute approximate surface area is 106 Å². The Hall–Kier alpha value is 0.200. The summed E-state index contributed by atoms with van der Waals surface area (Å²) in [5.41, 5.74) is 7.49. The van der Waals surface area contributed by atoms with E-state index in [0.29, 0.717) is 0 Å². The van der Waals surface area contributed by atoms with Crippen LogP contribution in [-0.2, 0) is 0 Å². The van der Waals surface area contributed by atoms with Crippen LogP contribution >= 0.6 is 35.0 Å². The fourth-order valence-corrected chi connectivity index (χ4v) is 1.77. The van der Waals surface area contributed by atoms with E-state index in [9.17, 15) is 0 Å². The van der Waals surface area contributed by atoms with Crippen LogP contribution in [0.2, 0.25) is 0 Å². The Kier molecular flexibility index (Phi) is 5.41. The zero-order valence-corrected chi connectivity index (χ0v) is 11.7. The first-order valence-corrected chi connectivity index (χ1v) is 5.50. The van der Waals surface area contributed by atoms with Crippen LogP contribution in [0.4, 0.5) is 0 Å². The van der Waals surface area contributed by atoms with Crippen LogP contribution in [0.25, 0.3) is 0 Å². The first kappa shape index (κ1) is 14.2. The van der Waals surface area contributed by atoms with E-state index in [4.69, 9.17) is 5.73 Å². The molecule has 2 N–H and O–H groups in total. The molecule has 0 radical (unpaired) electrons. The lowest BCUT2D eigenvalue weighted by Crippen LogP contribution is -2.26. The highest BCUT2D eigenvalue weighted by Gasteiger charge is 2.21. The number of rotatable bonds is 1. The molecule has 0 heterocycles. The van der Waals surface area contributed by atoms with E-state index >= 15 is 0 Å². The maximum absolute atomic E-state index is 6.14. The van der Waals surface area contributed by atoms with Gasteiger partial charge < -0.3 is 5.73 Å². The van der Waals surface area contributed by atoms with Gasteiger partial charge in [0.15, 0.2) is 0 Å². The van der Waals surface area contributed by atoms with E-state index in [2.05, 4.69) is 67.6 Å². The van der Waals surface area contributed by atoms with Crippen LogP contribution in [-0.4, -0.2) is 0 Å². The van der Waals surface area contributed by atoms with Gasteiger partial charge in [-0.25, -0.2) is 0 Å². The Morgan fingerprint density at radius 3 is 2.29 bits per heavy atom. The molecule has 0 aromatic heterocycles. The summed E-state index contributed by atoms with van der Waals surface area (Å²) < 4.78 is 1.25. The van der Waals surface area contributed by atoms with E-state index in [0.717, 1.165) is 0 Å². The molecule has 80 valence electrons. The van der Waals surface area contributed by atoms with Crippen molar-refractivity contribution in [3.05, 3.63) is 33.4 Å². The summed E-state index contributed by atoms with van der Waals surface area (Å²) in [4.78, 5) is 0. The summed E-state index contributed by atoms with van der Waals surface area (Å²) in [6.45, 7) is 6.49. The van der Waals surface area contributed by atoms with Crippen molar-refractivity contribution in [1.29, 1.82) is 0 Å². The molecule has 0 saturated heterocycles. The molecular formula is C11H17ClIN. The lowest BCUT2D eigenvalue weighted by Gasteiger charge is -2.27. The quantitative estimate of drug-likeness (QED) is 0.782. The molecule has 0 aliphatic rings. The molecule has 1 nitrogen and oxygen atoms in total.